The average molecular weight is 416 g/mol. The van der Waals surface area contributed by atoms with Gasteiger partial charge < -0.3 is 15.5 Å². The van der Waals surface area contributed by atoms with E-state index in [0.29, 0.717) is 6.04 Å². The highest BCUT2D eigenvalue weighted by Gasteiger charge is 2.23. The first-order valence-corrected chi connectivity index (χ1v) is 9.82. The van der Waals surface area contributed by atoms with Crippen LogP contribution >= 0.6 is 15.9 Å². The molecule has 1 fully saturated rings. The van der Waals surface area contributed by atoms with Crippen LogP contribution < -0.4 is 15.5 Å². The maximum atomic E-state index is 4.36. The summed E-state index contributed by atoms with van der Waals surface area (Å²) in [7, 11) is 1.82. The third-order valence-electron chi connectivity index (χ3n) is 4.62. The molecule has 0 bridgehead atoms. The Labute approximate surface area is 164 Å². The first-order chi connectivity index (χ1) is 12.6. The normalized spacial score (nSPS) is 17.4. The van der Waals surface area contributed by atoms with Crippen molar-refractivity contribution < 1.29 is 0 Å². The summed E-state index contributed by atoms with van der Waals surface area (Å²) >= 11 is 3.49. The van der Waals surface area contributed by atoms with Crippen LogP contribution in [0.3, 0.4) is 0 Å². The fourth-order valence-corrected chi connectivity index (χ4v) is 3.39. The second kappa shape index (κ2) is 9.03. The lowest BCUT2D eigenvalue weighted by molar-refractivity contribution is 0.648. The van der Waals surface area contributed by atoms with E-state index >= 15 is 0 Å². The second-order valence-corrected chi connectivity index (χ2v) is 7.52. The van der Waals surface area contributed by atoms with Crippen molar-refractivity contribution in [1.82, 2.24) is 15.6 Å². The van der Waals surface area contributed by atoms with E-state index < -0.39 is 0 Å². The predicted octanol–water partition coefficient (Wildman–Crippen LogP) is 3.14. The standard InChI is InChI=1S/C20H26BrN5/c1-15-3-4-16(13-24-15)9-11-23-20(22-2)25-18-10-12-26(14-18)19-7-5-17(21)6-8-19/h3-8,13,18H,9-12,14H2,1-2H3,(H2,22,23,25). The molecule has 0 aliphatic carbocycles. The minimum absolute atomic E-state index is 0.408. The molecule has 138 valence electrons. The van der Waals surface area contributed by atoms with Gasteiger partial charge in [0.1, 0.15) is 0 Å². The molecule has 1 saturated heterocycles. The van der Waals surface area contributed by atoms with Gasteiger partial charge in [-0.3, -0.25) is 9.98 Å². The van der Waals surface area contributed by atoms with E-state index in [1.807, 2.05) is 20.2 Å². The van der Waals surface area contributed by atoms with Gasteiger partial charge in [0.05, 0.1) is 0 Å². The molecule has 1 atom stereocenters. The zero-order valence-electron chi connectivity index (χ0n) is 15.4. The number of aromatic nitrogens is 1. The van der Waals surface area contributed by atoms with Gasteiger partial charge in [-0.25, -0.2) is 0 Å². The van der Waals surface area contributed by atoms with Gasteiger partial charge in [0.25, 0.3) is 0 Å². The zero-order valence-corrected chi connectivity index (χ0v) is 17.0. The topological polar surface area (TPSA) is 52.6 Å². The molecule has 0 radical (unpaired) electrons. The molecule has 1 aromatic heterocycles. The molecule has 1 aliphatic heterocycles. The monoisotopic (exact) mass is 415 g/mol. The summed E-state index contributed by atoms with van der Waals surface area (Å²) in [6, 6.07) is 13.1. The Kier molecular flexibility index (Phi) is 6.50. The van der Waals surface area contributed by atoms with Gasteiger partial charge in [-0.1, -0.05) is 22.0 Å². The number of nitrogens with one attached hydrogen (secondary N) is 2. The highest BCUT2D eigenvalue weighted by molar-refractivity contribution is 9.10. The number of hydrogen-bond acceptors (Lipinski definition) is 3. The number of benzene rings is 1. The Bertz CT molecular complexity index is 727. The van der Waals surface area contributed by atoms with Gasteiger partial charge in [0.2, 0.25) is 0 Å². The molecule has 2 heterocycles. The summed E-state index contributed by atoms with van der Waals surface area (Å²) in [5.41, 5.74) is 3.56. The Hall–Kier alpha value is -2.08. The molecule has 2 aromatic rings. The maximum absolute atomic E-state index is 4.36. The second-order valence-electron chi connectivity index (χ2n) is 6.61. The number of rotatable bonds is 5. The molecule has 1 unspecified atom stereocenters. The Morgan fingerprint density at radius 1 is 1.27 bits per heavy atom. The predicted molar refractivity (Wildman–Crippen MR) is 112 cm³/mol. The van der Waals surface area contributed by atoms with Crippen molar-refractivity contribution >= 4 is 27.6 Å². The Balaban J connectivity index is 1.45. The molecule has 2 N–H and O–H groups in total. The van der Waals surface area contributed by atoms with E-state index in [1.165, 1.54) is 11.3 Å². The van der Waals surface area contributed by atoms with Gasteiger partial charge in [-0.05, 0) is 55.7 Å². The highest BCUT2D eigenvalue weighted by Crippen LogP contribution is 2.22. The summed E-state index contributed by atoms with van der Waals surface area (Å²) in [5, 5.41) is 6.95. The fourth-order valence-electron chi connectivity index (χ4n) is 3.12. The van der Waals surface area contributed by atoms with E-state index in [0.717, 1.165) is 48.6 Å². The Morgan fingerprint density at radius 3 is 2.77 bits per heavy atom. The number of guanidine groups is 1. The first kappa shape index (κ1) is 18.7. The van der Waals surface area contributed by atoms with Crippen molar-refractivity contribution in [3.8, 4) is 0 Å². The lowest BCUT2D eigenvalue weighted by Gasteiger charge is -2.20. The fraction of sp³-hybridized carbons (Fsp3) is 0.400. The smallest absolute Gasteiger partial charge is 0.191 e. The number of nitrogens with zero attached hydrogens (tertiary/aromatic N) is 3. The number of pyridine rings is 1. The van der Waals surface area contributed by atoms with Crippen LogP contribution in [-0.4, -0.2) is 43.7 Å². The van der Waals surface area contributed by atoms with Crippen LogP contribution in [0.4, 0.5) is 5.69 Å². The summed E-state index contributed by atoms with van der Waals surface area (Å²) in [4.78, 5) is 11.1. The van der Waals surface area contributed by atoms with Crippen molar-refractivity contribution in [2.24, 2.45) is 4.99 Å². The van der Waals surface area contributed by atoms with Crippen molar-refractivity contribution in [3.63, 3.8) is 0 Å². The molecule has 0 amide bonds. The third kappa shape index (κ3) is 5.21. The van der Waals surface area contributed by atoms with Crippen LogP contribution in [-0.2, 0) is 6.42 Å². The minimum Gasteiger partial charge on any atom is -0.369 e. The van der Waals surface area contributed by atoms with E-state index in [2.05, 4.69) is 77.8 Å². The molecule has 0 spiro atoms. The van der Waals surface area contributed by atoms with Crippen LogP contribution in [0.5, 0.6) is 0 Å². The summed E-state index contributed by atoms with van der Waals surface area (Å²) in [6.07, 6.45) is 3.99. The van der Waals surface area contributed by atoms with Crippen LogP contribution in [0.25, 0.3) is 0 Å². The summed E-state index contributed by atoms with van der Waals surface area (Å²) in [5.74, 6) is 0.868. The number of aryl methyl sites for hydroxylation is 1. The van der Waals surface area contributed by atoms with E-state index in [-0.39, 0.29) is 0 Å². The molecular formula is C20H26BrN5. The largest absolute Gasteiger partial charge is 0.369 e. The molecule has 1 aromatic carbocycles. The quantitative estimate of drug-likeness (QED) is 0.581. The van der Waals surface area contributed by atoms with E-state index in [4.69, 9.17) is 0 Å². The Morgan fingerprint density at radius 2 is 2.08 bits per heavy atom. The molecule has 5 nitrogen and oxygen atoms in total. The molecular weight excluding hydrogens is 390 g/mol. The lowest BCUT2D eigenvalue weighted by atomic mass is 10.2. The van der Waals surface area contributed by atoms with Crippen LogP contribution in [0.1, 0.15) is 17.7 Å². The average Bonchev–Trinajstić information content (AvgIpc) is 3.11. The van der Waals surface area contributed by atoms with Gasteiger partial charge >= 0.3 is 0 Å². The molecule has 0 saturated carbocycles. The van der Waals surface area contributed by atoms with Gasteiger partial charge in [-0.15, -0.1) is 0 Å². The van der Waals surface area contributed by atoms with E-state index in [1.54, 1.807) is 0 Å². The molecule has 3 rings (SSSR count). The first-order valence-electron chi connectivity index (χ1n) is 9.03. The van der Waals surface area contributed by atoms with Crippen LogP contribution in [0.2, 0.25) is 0 Å². The molecule has 1 aliphatic rings. The summed E-state index contributed by atoms with van der Waals surface area (Å²) in [6.45, 7) is 4.90. The number of halogens is 1. The third-order valence-corrected chi connectivity index (χ3v) is 5.15. The maximum Gasteiger partial charge on any atom is 0.191 e. The number of aliphatic imine (C=N–C) groups is 1. The minimum atomic E-state index is 0.408. The van der Waals surface area contributed by atoms with Crippen molar-refractivity contribution in [1.29, 1.82) is 0 Å². The summed E-state index contributed by atoms with van der Waals surface area (Å²) < 4.78 is 1.11. The van der Waals surface area contributed by atoms with E-state index in [9.17, 15) is 0 Å². The van der Waals surface area contributed by atoms with Gasteiger partial charge in [0, 0.05) is 54.8 Å². The SMILES string of the molecule is CN=C(NCCc1ccc(C)nc1)NC1CCN(c2ccc(Br)cc2)C1. The van der Waals surface area contributed by atoms with Crippen LogP contribution in [0.15, 0.2) is 52.1 Å². The zero-order chi connectivity index (χ0) is 18.4. The van der Waals surface area contributed by atoms with Gasteiger partial charge in [0.15, 0.2) is 5.96 Å². The van der Waals surface area contributed by atoms with Crippen molar-refractivity contribution in [2.45, 2.75) is 25.8 Å². The lowest BCUT2D eigenvalue weighted by Crippen LogP contribution is -2.45. The molecule has 26 heavy (non-hydrogen) atoms. The van der Waals surface area contributed by atoms with Gasteiger partial charge in [-0.2, -0.15) is 0 Å². The highest BCUT2D eigenvalue weighted by atomic mass is 79.9. The van der Waals surface area contributed by atoms with Crippen molar-refractivity contribution in [2.75, 3.05) is 31.6 Å². The number of anilines is 1. The number of hydrogen-bond donors (Lipinski definition) is 2. The van der Waals surface area contributed by atoms with Crippen molar-refractivity contribution in [3.05, 3.63) is 58.3 Å². The molecule has 6 heteroatoms. The van der Waals surface area contributed by atoms with Crippen LogP contribution in [0, 0.1) is 6.92 Å².